The molecule has 0 unspecified atom stereocenters. The Labute approximate surface area is 51.1 Å². The first kappa shape index (κ1) is 8.01. The Balaban J connectivity index is 2.68. The average molecular weight is 160 g/mol. The Bertz CT molecular complexity index is 41.9. The topological polar surface area (TPSA) is 49.7 Å². The molecule has 0 aromatic carbocycles. The van der Waals surface area contributed by atoms with E-state index in [-0.39, 0.29) is 0 Å². The van der Waals surface area contributed by atoms with Crippen LogP contribution in [0.1, 0.15) is 0 Å². The predicted octanol–water partition coefficient (Wildman–Crippen LogP) is 1.14. The molecule has 0 atom stereocenters. The SMILES string of the molecule is CSSOP(O)O. The standard InChI is InChI=1S/CH5O3PS2/c1-6-7-4-5(2)3/h2-3H,1H3. The third kappa shape index (κ3) is 7.01. The van der Waals surface area contributed by atoms with E-state index in [1.54, 1.807) is 6.26 Å². The van der Waals surface area contributed by atoms with Crippen molar-refractivity contribution in [3.05, 3.63) is 0 Å². The molecule has 0 aromatic rings. The third-order valence-corrected chi connectivity index (χ3v) is 2.03. The Morgan fingerprint density at radius 1 is 1.57 bits per heavy atom. The van der Waals surface area contributed by atoms with Gasteiger partial charge >= 0.3 is 8.60 Å². The van der Waals surface area contributed by atoms with Crippen LogP contribution in [0.2, 0.25) is 0 Å². The van der Waals surface area contributed by atoms with Crippen LogP contribution in [0.4, 0.5) is 0 Å². The van der Waals surface area contributed by atoms with Crippen LogP contribution in [0, 0.1) is 0 Å². The molecule has 0 radical (unpaired) electrons. The van der Waals surface area contributed by atoms with Crippen molar-refractivity contribution in [2.24, 2.45) is 0 Å². The fourth-order valence-electron chi connectivity index (χ4n) is 0.0576. The first-order valence-corrected chi connectivity index (χ1v) is 4.97. The highest BCUT2D eigenvalue weighted by atomic mass is 33.1. The summed E-state index contributed by atoms with van der Waals surface area (Å²) in [6, 6.07) is 0. The van der Waals surface area contributed by atoms with E-state index in [4.69, 9.17) is 9.79 Å². The van der Waals surface area contributed by atoms with E-state index in [0.717, 1.165) is 11.1 Å². The summed E-state index contributed by atoms with van der Waals surface area (Å²) >= 11 is 0.962. The van der Waals surface area contributed by atoms with Gasteiger partial charge in [0.15, 0.2) is 0 Å². The van der Waals surface area contributed by atoms with Gasteiger partial charge in [-0.25, -0.2) is 3.97 Å². The first-order chi connectivity index (χ1) is 3.27. The molecule has 0 saturated carbocycles. The molecule has 0 bridgehead atoms. The summed E-state index contributed by atoms with van der Waals surface area (Å²) < 4.78 is 4.25. The van der Waals surface area contributed by atoms with Crippen LogP contribution in [0.15, 0.2) is 0 Å². The van der Waals surface area contributed by atoms with Gasteiger partial charge < -0.3 is 9.79 Å². The van der Waals surface area contributed by atoms with E-state index in [1.807, 2.05) is 0 Å². The molecule has 0 heterocycles. The minimum atomic E-state index is -2.16. The summed E-state index contributed by atoms with van der Waals surface area (Å²) in [6.07, 6.45) is 1.78. The Kier molecular flexibility index (Phi) is 5.90. The molecule has 6 heteroatoms. The lowest BCUT2D eigenvalue weighted by Gasteiger charge is -1.95. The molecule has 0 aliphatic heterocycles. The van der Waals surface area contributed by atoms with E-state index < -0.39 is 8.60 Å². The monoisotopic (exact) mass is 160 g/mol. The summed E-state index contributed by atoms with van der Waals surface area (Å²) in [5.41, 5.74) is 0. The number of hydrogen-bond acceptors (Lipinski definition) is 5. The summed E-state index contributed by atoms with van der Waals surface area (Å²) in [7, 11) is -0.844. The van der Waals surface area contributed by atoms with Crippen molar-refractivity contribution < 1.29 is 13.8 Å². The van der Waals surface area contributed by atoms with Crippen LogP contribution in [0.25, 0.3) is 0 Å². The lowest BCUT2D eigenvalue weighted by atomic mass is 12.0. The fourth-order valence-corrected chi connectivity index (χ4v) is 1.56. The maximum absolute atomic E-state index is 8.05. The Hall–Kier alpha value is 1.01. The van der Waals surface area contributed by atoms with Gasteiger partial charge in [-0.05, 0) is 6.26 Å². The molecule has 7 heavy (non-hydrogen) atoms. The quantitative estimate of drug-likeness (QED) is 0.368. The van der Waals surface area contributed by atoms with E-state index >= 15 is 0 Å². The van der Waals surface area contributed by atoms with E-state index in [1.165, 1.54) is 10.8 Å². The minimum absolute atomic E-state index is 0.962. The third-order valence-electron chi connectivity index (χ3n) is 0.165. The summed E-state index contributed by atoms with van der Waals surface area (Å²) in [5, 5.41) is 0. The van der Waals surface area contributed by atoms with Gasteiger partial charge in [-0.1, -0.05) is 10.8 Å². The molecule has 3 nitrogen and oxygen atoms in total. The van der Waals surface area contributed by atoms with Crippen molar-refractivity contribution >= 4 is 30.5 Å². The van der Waals surface area contributed by atoms with Crippen LogP contribution in [0.3, 0.4) is 0 Å². The molecule has 44 valence electrons. The van der Waals surface area contributed by atoms with E-state index in [2.05, 4.69) is 3.97 Å². The highest BCUT2D eigenvalue weighted by molar-refractivity contribution is 8.75. The largest absolute Gasteiger partial charge is 0.340 e. The smallest absolute Gasteiger partial charge is 0.327 e. The Morgan fingerprint density at radius 2 is 2.14 bits per heavy atom. The van der Waals surface area contributed by atoms with Gasteiger partial charge in [-0.3, -0.25) is 0 Å². The highest BCUT2D eigenvalue weighted by Crippen LogP contribution is 2.36. The molecule has 0 aromatic heterocycles. The second-order valence-corrected chi connectivity index (χ2v) is 3.54. The Morgan fingerprint density at radius 3 is 2.29 bits per heavy atom. The van der Waals surface area contributed by atoms with Crippen molar-refractivity contribution in [3.63, 3.8) is 0 Å². The normalized spacial score (nSPS) is 10.3. The lowest BCUT2D eigenvalue weighted by molar-refractivity contribution is 0.399. The molecule has 0 saturated heterocycles. The summed E-state index contributed by atoms with van der Waals surface area (Å²) in [4.78, 5) is 16.1. The van der Waals surface area contributed by atoms with Crippen molar-refractivity contribution in [2.75, 3.05) is 6.26 Å². The van der Waals surface area contributed by atoms with Crippen molar-refractivity contribution in [1.29, 1.82) is 0 Å². The van der Waals surface area contributed by atoms with E-state index in [0.29, 0.717) is 0 Å². The zero-order valence-corrected chi connectivity index (χ0v) is 6.09. The van der Waals surface area contributed by atoms with Gasteiger partial charge in [0.25, 0.3) is 0 Å². The number of hydrogen-bond donors (Lipinski definition) is 2. The molecule has 0 spiro atoms. The van der Waals surface area contributed by atoms with Gasteiger partial charge in [0.2, 0.25) is 0 Å². The second-order valence-electron chi connectivity index (χ2n) is 0.562. The van der Waals surface area contributed by atoms with E-state index in [9.17, 15) is 0 Å². The lowest BCUT2D eigenvalue weighted by Crippen LogP contribution is -1.64. The molecule has 2 N–H and O–H groups in total. The maximum atomic E-state index is 8.05. The average Bonchev–Trinajstić information content (AvgIpc) is 1.61. The van der Waals surface area contributed by atoms with Crippen LogP contribution >= 0.6 is 30.5 Å². The van der Waals surface area contributed by atoms with Crippen molar-refractivity contribution in [3.8, 4) is 0 Å². The van der Waals surface area contributed by atoms with Gasteiger partial charge in [0, 0.05) is 0 Å². The molecule has 0 aliphatic rings. The van der Waals surface area contributed by atoms with Gasteiger partial charge in [-0.15, -0.1) is 0 Å². The van der Waals surface area contributed by atoms with Gasteiger partial charge in [0.1, 0.15) is 0 Å². The van der Waals surface area contributed by atoms with Crippen LogP contribution in [-0.4, -0.2) is 16.0 Å². The fraction of sp³-hybridized carbons (Fsp3) is 1.00. The van der Waals surface area contributed by atoms with Crippen LogP contribution in [0.5, 0.6) is 0 Å². The summed E-state index contributed by atoms with van der Waals surface area (Å²) in [5.74, 6) is 0. The van der Waals surface area contributed by atoms with Gasteiger partial charge in [0.05, 0.1) is 11.1 Å². The zero-order valence-electron chi connectivity index (χ0n) is 3.57. The molecular weight excluding hydrogens is 155 g/mol. The highest BCUT2D eigenvalue weighted by Gasteiger charge is 1.95. The van der Waals surface area contributed by atoms with Crippen molar-refractivity contribution in [1.82, 2.24) is 0 Å². The van der Waals surface area contributed by atoms with Crippen molar-refractivity contribution in [2.45, 2.75) is 0 Å². The predicted molar refractivity (Wildman–Crippen MR) is 33.5 cm³/mol. The molecule has 0 amide bonds. The number of rotatable bonds is 3. The zero-order chi connectivity index (χ0) is 5.70. The maximum Gasteiger partial charge on any atom is 0.340 e. The molecule has 0 fully saturated rings. The molecule has 0 rings (SSSR count). The van der Waals surface area contributed by atoms with Crippen LogP contribution in [-0.2, 0) is 3.97 Å². The van der Waals surface area contributed by atoms with Gasteiger partial charge in [-0.2, -0.15) is 0 Å². The molecular formula is CH5O3PS2. The first-order valence-electron chi connectivity index (χ1n) is 1.32. The minimum Gasteiger partial charge on any atom is -0.327 e. The second kappa shape index (κ2) is 5.15. The van der Waals surface area contributed by atoms with Crippen LogP contribution < -0.4 is 0 Å². The summed E-state index contributed by atoms with van der Waals surface area (Å²) in [6.45, 7) is 0. The molecule has 0 aliphatic carbocycles.